The topological polar surface area (TPSA) is 41.8 Å². The Kier molecular flexibility index (Phi) is 3.97. The van der Waals surface area contributed by atoms with Gasteiger partial charge in [0.05, 0.1) is 6.61 Å². The Balaban J connectivity index is 2.29. The summed E-state index contributed by atoms with van der Waals surface area (Å²) >= 11 is 0. The van der Waals surface area contributed by atoms with Gasteiger partial charge in [-0.25, -0.2) is 0 Å². The molecule has 0 bridgehead atoms. The van der Waals surface area contributed by atoms with Gasteiger partial charge in [-0.15, -0.1) is 0 Å². The molecule has 0 saturated carbocycles. The van der Waals surface area contributed by atoms with Crippen LogP contribution < -0.4 is 4.74 Å². The summed E-state index contributed by atoms with van der Waals surface area (Å²) in [6, 6.07) is 17.1. The number of nitrogens with zero attached hydrogens (tertiary/aromatic N) is 1. The standard InChI is InChI=1S/C15H15NO2/c1-2-18-14-10-8-13(9-11-14)15(16-17)12-6-4-3-5-7-12/h3-11,17H,2H2,1H3. The maximum absolute atomic E-state index is 9.16. The van der Waals surface area contributed by atoms with Gasteiger partial charge in [0.1, 0.15) is 11.5 Å². The zero-order valence-electron chi connectivity index (χ0n) is 10.2. The summed E-state index contributed by atoms with van der Waals surface area (Å²) in [5.74, 6) is 0.812. The van der Waals surface area contributed by atoms with Crippen molar-refractivity contribution in [2.45, 2.75) is 6.92 Å². The number of hydrogen-bond acceptors (Lipinski definition) is 3. The van der Waals surface area contributed by atoms with E-state index in [0.717, 1.165) is 16.9 Å². The zero-order valence-corrected chi connectivity index (χ0v) is 10.2. The van der Waals surface area contributed by atoms with E-state index in [-0.39, 0.29) is 0 Å². The summed E-state index contributed by atoms with van der Waals surface area (Å²) in [5, 5.41) is 12.5. The molecule has 0 fully saturated rings. The Morgan fingerprint density at radius 2 is 1.61 bits per heavy atom. The average molecular weight is 241 g/mol. The lowest BCUT2D eigenvalue weighted by Gasteiger charge is -2.07. The van der Waals surface area contributed by atoms with Gasteiger partial charge in [-0.1, -0.05) is 35.5 Å². The summed E-state index contributed by atoms with van der Waals surface area (Å²) in [4.78, 5) is 0. The molecule has 0 saturated heterocycles. The number of oxime groups is 1. The van der Waals surface area contributed by atoms with Crippen LogP contribution in [0.5, 0.6) is 5.75 Å². The number of benzene rings is 2. The first kappa shape index (κ1) is 12.2. The smallest absolute Gasteiger partial charge is 0.119 e. The molecule has 2 aromatic carbocycles. The van der Waals surface area contributed by atoms with Gasteiger partial charge in [0, 0.05) is 11.1 Å². The van der Waals surface area contributed by atoms with E-state index >= 15 is 0 Å². The highest BCUT2D eigenvalue weighted by molar-refractivity contribution is 6.12. The number of ether oxygens (including phenoxy) is 1. The van der Waals surface area contributed by atoms with Crippen LogP contribution in [0.25, 0.3) is 0 Å². The quantitative estimate of drug-likeness (QED) is 0.507. The van der Waals surface area contributed by atoms with E-state index in [0.29, 0.717) is 12.3 Å². The van der Waals surface area contributed by atoms with Gasteiger partial charge < -0.3 is 9.94 Å². The Hall–Kier alpha value is -2.29. The van der Waals surface area contributed by atoms with Crippen molar-refractivity contribution in [1.82, 2.24) is 0 Å². The second-order valence-corrected chi connectivity index (χ2v) is 3.77. The molecular weight excluding hydrogens is 226 g/mol. The van der Waals surface area contributed by atoms with Crippen LogP contribution in [-0.2, 0) is 0 Å². The van der Waals surface area contributed by atoms with Crippen LogP contribution in [0.3, 0.4) is 0 Å². The molecule has 0 radical (unpaired) electrons. The number of rotatable bonds is 4. The minimum Gasteiger partial charge on any atom is -0.494 e. The normalized spacial score (nSPS) is 11.3. The maximum Gasteiger partial charge on any atom is 0.119 e. The largest absolute Gasteiger partial charge is 0.494 e. The van der Waals surface area contributed by atoms with Crippen molar-refractivity contribution >= 4 is 5.71 Å². The van der Waals surface area contributed by atoms with Crippen molar-refractivity contribution in [1.29, 1.82) is 0 Å². The van der Waals surface area contributed by atoms with E-state index in [2.05, 4.69) is 5.16 Å². The van der Waals surface area contributed by atoms with Gasteiger partial charge in [0.2, 0.25) is 0 Å². The molecule has 3 heteroatoms. The van der Waals surface area contributed by atoms with E-state index in [1.165, 1.54) is 0 Å². The molecule has 2 rings (SSSR count). The lowest BCUT2D eigenvalue weighted by molar-refractivity contribution is 0.319. The molecule has 0 aliphatic rings. The summed E-state index contributed by atoms with van der Waals surface area (Å²) in [6.45, 7) is 2.58. The Bertz CT molecular complexity index is 518. The van der Waals surface area contributed by atoms with Crippen LogP contribution in [0.2, 0.25) is 0 Å². The molecule has 0 spiro atoms. The van der Waals surface area contributed by atoms with Crippen LogP contribution in [-0.4, -0.2) is 17.5 Å². The van der Waals surface area contributed by atoms with Crippen LogP contribution in [0.1, 0.15) is 18.1 Å². The predicted octanol–water partition coefficient (Wildman–Crippen LogP) is 3.31. The van der Waals surface area contributed by atoms with Crippen molar-refractivity contribution in [3.63, 3.8) is 0 Å². The van der Waals surface area contributed by atoms with Crippen LogP contribution in [0.4, 0.5) is 0 Å². The van der Waals surface area contributed by atoms with Crippen molar-refractivity contribution in [3.05, 3.63) is 65.7 Å². The van der Waals surface area contributed by atoms with Crippen LogP contribution >= 0.6 is 0 Å². The summed E-state index contributed by atoms with van der Waals surface area (Å²) < 4.78 is 5.38. The highest BCUT2D eigenvalue weighted by Crippen LogP contribution is 2.16. The second kappa shape index (κ2) is 5.87. The third-order valence-electron chi connectivity index (χ3n) is 2.59. The first-order valence-electron chi connectivity index (χ1n) is 5.86. The van der Waals surface area contributed by atoms with E-state index < -0.39 is 0 Å². The molecule has 3 nitrogen and oxygen atoms in total. The Morgan fingerprint density at radius 1 is 1.00 bits per heavy atom. The summed E-state index contributed by atoms with van der Waals surface area (Å²) in [5.41, 5.74) is 2.29. The molecule has 0 unspecified atom stereocenters. The van der Waals surface area contributed by atoms with Gasteiger partial charge in [-0.2, -0.15) is 0 Å². The molecule has 0 aliphatic heterocycles. The molecule has 1 N–H and O–H groups in total. The third-order valence-corrected chi connectivity index (χ3v) is 2.59. The minimum atomic E-state index is 0.554. The summed E-state index contributed by atoms with van der Waals surface area (Å²) in [6.07, 6.45) is 0. The average Bonchev–Trinajstić information content (AvgIpc) is 2.43. The monoisotopic (exact) mass is 241 g/mol. The first-order valence-corrected chi connectivity index (χ1v) is 5.86. The fourth-order valence-corrected chi connectivity index (χ4v) is 1.75. The predicted molar refractivity (Wildman–Crippen MR) is 71.5 cm³/mol. The molecule has 0 amide bonds. The van der Waals surface area contributed by atoms with Crippen LogP contribution in [0, 0.1) is 0 Å². The van der Waals surface area contributed by atoms with E-state index in [1.807, 2.05) is 61.5 Å². The van der Waals surface area contributed by atoms with E-state index in [4.69, 9.17) is 9.94 Å². The molecule has 0 aromatic heterocycles. The van der Waals surface area contributed by atoms with Gasteiger partial charge in [-0.3, -0.25) is 0 Å². The van der Waals surface area contributed by atoms with Gasteiger partial charge in [0.25, 0.3) is 0 Å². The minimum absolute atomic E-state index is 0.554. The van der Waals surface area contributed by atoms with E-state index in [9.17, 15) is 0 Å². The van der Waals surface area contributed by atoms with Crippen molar-refractivity contribution in [3.8, 4) is 5.75 Å². The fraction of sp³-hybridized carbons (Fsp3) is 0.133. The van der Waals surface area contributed by atoms with Crippen molar-refractivity contribution in [2.75, 3.05) is 6.61 Å². The SMILES string of the molecule is CCOc1ccc(C(=NO)c2ccccc2)cc1. The first-order chi connectivity index (χ1) is 8.85. The second-order valence-electron chi connectivity index (χ2n) is 3.77. The van der Waals surface area contributed by atoms with Gasteiger partial charge in [0.15, 0.2) is 0 Å². The van der Waals surface area contributed by atoms with Crippen LogP contribution in [0.15, 0.2) is 59.8 Å². The Labute approximate surface area is 106 Å². The van der Waals surface area contributed by atoms with E-state index in [1.54, 1.807) is 0 Å². The highest BCUT2D eigenvalue weighted by atomic mass is 16.5. The third kappa shape index (κ3) is 2.69. The molecule has 0 atom stereocenters. The van der Waals surface area contributed by atoms with Gasteiger partial charge in [-0.05, 0) is 31.2 Å². The van der Waals surface area contributed by atoms with Crippen molar-refractivity contribution < 1.29 is 9.94 Å². The fourth-order valence-electron chi connectivity index (χ4n) is 1.75. The lowest BCUT2D eigenvalue weighted by Crippen LogP contribution is -2.03. The molecule has 2 aromatic rings. The molecule has 0 aliphatic carbocycles. The zero-order chi connectivity index (χ0) is 12.8. The molecule has 0 heterocycles. The summed E-state index contributed by atoms with van der Waals surface area (Å²) in [7, 11) is 0. The van der Waals surface area contributed by atoms with Crippen molar-refractivity contribution in [2.24, 2.45) is 5.16 Å². The lowest BCUT2D eigenvalue weighted by atomic mass is 10.0. The number of hydrogen-bond donors (Lipinski definition) is 1. The Morgan fingerprint density at radius 3 is 2.17 bits per heavy atom. The molecule has 18 heavy (non-hydrogen) atoms. The highest BCUT2D eigenvalue weighted by Gasteiger charge is 2.07. The van der Waals surface area contributed by atoms with Gasteiger partial charge >= 0.3 is 0 Å². The maximum atomic E-state index is 9.16. The molecular formula is C15H15NO2. The molecule has 92 valence electrons.